The van der Waals surface area contributed by atoms with Gasteiger partial charge >= 0.3 is 0 Å². The van der Waals surface area contributed by atoms with Crippen LogP contribution in [0.4, 0.5) is 4.39 Å². The Morgan fingerprint density at radius 3 is 2.95 bits per heavy atom. The van der Waals surface area contributed by atoms with Crippen LogP contribution in [0, 0.1) is 5.82 Å². The van der Waals surface area contributed by atoms with Crippen LogP contribution in [-0.2, 0) is 9.53 Å². The van der Waals surface area contributed by atoms with Crippen molar-refractivity contribution in [3.05, 3.63) is 28.5 Å². The molecule has 1 unspecified atom stereocenters. The fourth-order valence-electron chi connectivity index (χ4n) is 1.27. The van der Waals surface area contributed by atoms with Crippen molar-refractivity contribution in [2.45, 2.75) is 6.10 Å². The molecule has 0 radical (unpaired) electrons. The molecule has 5 nitrogen and oxygen atoms in total. The number of methoxy groups -OCH3 is 1. The fraction of sp³-hybridized carbons (Fsp3) is 0.417. The first-order valence-corrected chi connectivity index (χ1v) is 6.33. The molecule has 0 aromatic heterocycles. The lowest BCUT2D eigenvalue weighted by Gasteiger charge is -2.11. The smallest absolute Gasteiger partial charge is 0.258 e. The number of aliphatic hydroxyl groups is 1. The number of carbonyl (C=O) groups excluding carboxylic acids is 1. The topological polar surface area (TPSA) is 67.8 Å². The van der Waals surface area contributed by atoms with Crippen LogP contribution in [0.25, 0.3) is 0 Å². The summed E-state index contributed by atoms with van der Waals surface area (Å²) in [5.41, 5.74) is 0. The predicted molar refractivity (Wildman–Crippen MR) is 70.5 cm³/mol. The number of hydrogen-bond donors (Lipinski definition) is 2. The van der Waals surface area contributed by atoms with Gasteiger partial charge < -0.3 is 19.9 Å². The molecule has 1 amide bonds. The van der Waals surface area contributed by atoms with E-state index < -0.39 is 17.8 Å². The van der Waals surface area contributed by atoms with Gasteiger partial charge in [0.05, 0.1) is 12.7 Å². The lowest BCUT2D eigenvalue weighted by Crippen LogP contribution is -2.37. The zero-order valence-electron chi connectivity index (χ0n) is 10.4. The number of rotatable bonds is 7. The largest absolute Gasteiger partial charge is 0.481 e. The fourth-order valence-corrected chi connectivity index (χ4v) is 1.60. The van der Waals surface area contributed by atoms with Crippen LogP contribution in [0.1, 0.15) is 0 Å². The molecule has 0 spiro atoms. The summed E-state index contributed by atoms with van der Waals surface area (Å²) >= 11 is 3.12. The van der Waals surface area contributed by atoms with Crippen molar-refractivity contribution < 1.29 is 23.8 Å². The Morgan fingerprint density at radius 2 is 2.32 bits per heavy atom. The average molecular weight is 336 g/mol. The number of hydrogen-bond acceptors (Lipinski definition) is 4. The van der Waals surface area contributed by atoms with Crippen LogP contribution in [0.5, 0.6) is 5.75 Å². The van der Waals surface area contributed by atoms with Crippen LogP contribution in [0.15, 0.2) is 22.7 Å². The lowest BCUT2D eigenvalue weighted by molar-refractivity contribution is -0.123. The molecule has 0 heterocycles. The Morgan fingerprint density at radius 1 is 1.58 bits per heavy atom. The van der Waals surface area contributed by atoms with E-state index >= 15 is 0 Å². The number of aliphatic hydroxyl groups excluding tert-OH is 1. The molecular weight excluding hydrogens is 321 g/mol. The van der Waals surface area contributed by atoms with E-state index in [2.05, 4.69) is 21.2 Å². The van der Waals surface area contributed by atoms with E-state index in [0.717, 1.165) is 0 Å². The second-order valence-electron chi connectivity index (χ2n) is 3.78. The van der Waals surface area contributed by atoms with Crippen LogP contribution in [0.2, 0.25) is 0 Å². The van der Waals surface area contributed by atoms with Gasteiger partial charge in [0.25, 0.3) is 5.91 Å². The first-order chi connectivity index (χ1) is 9.02. The molecule has 1 atom stereocenters. The minimum Gasteiger partial charge on any atom is -0.481 e. The second kappa shape index (κ2) is 8.08. The number of carbonyl (C=O) groups is 1. The van der Waals surface area contributed by atoms with Gasteiger partial charge in [-0.25, -0.2) is 4.39 Å². The van der Waals surface area contributed by atoms with Crippen molar-refractivity contribution in [2.75, 3.05) is 26.9 Å². The molecule has 0 fully saturated rings. The molecule has 7 heteroatoms. The third-order valence-corrected chi connectivity index (χ3v) is 2.64. The Hall–Kier alpha value is -1.18. The van der Waals surface area contributed by atoms with Crippen LogP contribution in [0.3, 0.4) is 0 Å². The maximum atomic E-state index is 13.4. The van der Waals surface area contributed by atoms with E-state index in [4.69, 9.17) is 9.47 Å². The van der Waals surface area contributed by atoms with Gasteiger partial charge in [0.1, 0.15) is 0 Å². The van der Waals surface area contributed by atoms with Gasteiger partial charge in [-0.3, -0.25) is 4.79 Å². The summed E-state index contributed by atoms with van der Waals surface area (Å²) < 4.78 is 23.7. The van der Waals surface area contributed by atoms with Crippen molar-refractivity contribution in [2.24, 2.45) is 0 Å². The molecule has 0 saturated heterocycles. The normalized spacial score (nSPS) is 12.0. The molecule has 19 heavy (non-hydrogen) atoms. The number of benzene rings is 1. The Kier molecular flexibility index (Phi) is 6.75. The van der Waals surface area contributed by atoms with Gasteiger partial charge in [-0.05, 0) is 18.2 Å². The Balaban J connectivity index is 2.33. The summed E-state index contributed by atoms with van der Waals surface area (Å²) in [6.45, 7) is -0.139. The SMILES string of the molecule is COCC(O)CNC(=O)COc1ccc(Br)cc1F. The quantitative estimate of drug-likeness (QED) is 0.782. The Bertz CT molecular complexity index is 430. The van der Waals surface area contributed by atoms with E-state index in [-0.39, 0.29) is 25.5 Å². The molecular formula is C12H15BrFNO4. The van der Waals surface area contributed by atoms with Crippen molar-refractivity contribution in [3.63, 3.8) is 0 Å². The van der Waals surface area contributed by atoms with E-state index in [1.165, 1.54) is 19.2 Å². The molecule has 0 aliphatic rings. The summed E-state index contributed by atoms with van der Waals surface area (Å²) in [5, 5.41) is 11.8. The zero-order valence-corrected chi connectivity index (χ0v) is 11.9. The highest BCUT2D eigenvalue weighted by molar-refractivity contribution is 9.10. The highest BCUT2D eigenvalue weighted by atomic mass is 79.9. The van der Waals surface area contributed by atoms with Crippen molar-refractivity contribution >= 4 is 21.8 Å². The van der Waals surface area contributed by atoms with E-state index in [1.54, 1.807) is 6.07 Å². The molecule has 0 aliphatic heterocycles. The molecule has 2 N–H and O–H groups in total. The summed E-state index contributed by atoms with van der Waals surface area (Å²) in [4.78, 5) is 11.4. The molecule has 1 aromatic carbocycles. The third kappa shape index (κ3) is 6.00. The van der Waals surface area contributed by atoms with Gasteiger partial charge in [0.15, 0.2) is 18.2 Å². The van der Waals surface area contributed by atoms with Gasteiger partial charge in [0, 0.05) is 18.1 Å². The summed E-state index contributed by atoms with van der Waals surface area (Å²) in [7, 11) is 1.45. The molecule has 0 aliphatic carbocycles. The van der Waals surface area contributed by atoms with Gasteiger partial charge in [-0.2, -0.15) is 0 Å². The average Bonchev–Trinajstić information content (AvgIpc) is 2.35. The van der Waals surface area contributed by atoms with Crippen molar-refractivity contribution in [3.8, 4) is 5.75 Å². The van der Waals surface area contributed by atoms with Crippen LogP contribution < -0.4 is 10.1 Å². The maximum Gasteiger partial charge on any atom is 0.258 e. The highest BCUT2D eigenvalue weighted by Gasteiger charge is 2.09. The number of ether oxygens (including phenoxy) is 2. The monoisotopic (exact) mass is 335 g/mol. The summed E-state index contributed by atoms with van der Waals surface area (Å²) in [6.07, 6.45) is -0.779. The van der Waals surface area contributed by atoms with Gasteiger partial charge in [0.2, 0.25) is 0 Å². The van der Waals surface area contributed by atoms with E-state index in [1.807, 2.05) is 0 Å². The van der Waals surface area contributed by atoms with E-state index in [0.29, 0.717) is 4.47 Å². The first-order valence-electron chi connectivity index (χ1n) is 5.54. The molecule has 1 aromatic rings. The van der Waals surface area contributed by atoms with Gasteiger partial charge in [-0.1, -0.05) is 15.9 Å². The minimum atomic E-state index is -0.779. The molecule has 0 saturated carbocycles. The minimum absolute atomic E-state index is 0.00390. The van der Waals surface area contributed by atoms with Crippen molar-refractivity contribution in [1.29, 1.82) is 0 Å². The number of amides is 1. The van der Waals surface area contributed by atoms with Crippen LogP contribution in [-0.4, -0.2) is 44.0 Å². The molecule has 1 rings (SSSR count). The summed E-state index contributed by atoms with van der Waals surface area (Å²) in [6, 6.07) is 4.28. The predicted octanol–water partition coefficient (Wildman–Crippen LogP) is 1.09. The third-order valence-electron chi connectivity index (χ3n) is 2.15. The second-order valence-corrected chi connectivity index (χ2v) is 4.69. The van der Waals surface area contributed by atoms with Gasteiger partial charge in [-0.15, -0.1) is 0 Å². The highest BCUT2D eigenvalue weighted by Crippen LogP contribution is 2.21. The van der Waals surface area contributed by atoms with Crippen molar-refractivity contribution in [1.82, 2.24) is 5.32 Å². The zero-order chi connectivity index (χ0) is 14.3. The number of halogens is 2. The molecule has 106 valence electrons. The summed E-state index contributed by atoms with van der Waals surface area (Å²) in [5.74, 6) is -1.00. The molecule has 0 bridgehead atoms. The van der Waals surface area contributed by atoms with E-state index in [9.17, 15) is 14.3 Å². The maximum absolute atomic E-state index is 13.4. The Labute approximate surface area is 118 Å². The lowest BCUT2D eigenvalue weighted by atomic mass is 10.3. The first kappa shape index (κ1) is 15.9. The van der Waals surface area contributed by atoms with Crippen LogP contribution >= 0.6 is 15.9 Å². The standard InChI is InChI=1S/C12H15BrFNO4/c1-18-6-9(16)5-15-12(17)7-19-11-3-2-8(13)4-10(11)14/h2-4,9,16H,5-7H2,1H3,(H,15,17). The number of nitrogens with one attached hydrogen (secondary N) is 1.